The highest BCUT2D eigenvalue weighted by atomic mass is 79.9. The van der Waals surface area contributed by atoms with Crippen LogP contribution < -0.4 is 8.92 Å². The largest absolute Gasteiger partial charge is 0.490 e. The zero-order chi connectivity index (χ0) is 16.2. The van der Waals surface area contributed by atoms with Gasteiger partial charge in [-0.05, 0) is 43.3 Å². The van der Waals surface area contributed by atoms with Crippen LogP contribution in [0.25, 0.3) is 0 Å². The molecule has 0 aromatic heterocycles. The maximum absolute atomic E-state index is 12.3. The summed E-state index contributed by atoms with van der Waals surface area (Å²) in [5, 5.41) is 8.89. The fraction of sp³-hybridized carbons (Fsp3) is 0.133. The van der Waals surface area contributed by atoms with Gasteiger partial charge < -0.3 is 8.92 Å². The molecule has 2 aromatic rings. The second-order valence-corrected chi connectivity index (χ2v) is 6.66. The first-order valence-corrected chi connectivity index (χ1v) is 8.53. The van der Waals surface area contributed by atoms with Crippen molar-refractivity contribution in [2.75, 3.05) is 6.61 Å². The lowest BCUT2D eigenvalue weighted by atomic mass is 10.2. The SMILES string of the molecule is CCOc1cc(C#N)ccc1OS(=O)(=O)c1ccc(Br)cc1. The van der Waals surface area contributed by atoms with Crippen molar-refractivity contribution >= 4 is 26.0 Å². The minimum atomic E-state index is -3.97. The van der Waals surface area contributed by atoms with Crippen molar-refractivity contribution in [1.82, 2.24) is 0 Å². The van der Waals surface area contributed by atoms with Gasteiger partial charge in [0.1, 0.15) is 4.90 Å². The summed E-state index contributed by atoms with van der Waals surface area (Å²) in [6.45, 7) is 2.08. The Morgan fingerprint density at radius 1 is 1.14 bits per heavy atom. The molecular weight excluding hydrogens is 370 g/mol. The molecule has 5 nitrogen and oxygen atoms in total. The molecule has 7 heteroatoms. The molecule has 0 aliphatic rings. The van der Waals surface area contributed by atoms with Gasteiger partial charge in [-0.1, -0.05) is 15.9 Å². The number of rotatable bonds is 5. The minimum Gasteiger partial charge on any atom is -0.490 e. The van der Waals surface area contributed by atoms with E-state index in [1.807, 2.05) is 6.07 Å². The van der Waals surface area contributed by atoms with Gasteiger partial charge in [0.2, 0.25) is 0 Å². The molecule has 0 unspecified atom stereocenters. The molecule has 0 aliphatic carbocycles. The smallest absolute Gasteiger partial charge is 0.339 e. The first kappa shape index (κ1) is 16.3. The number of benzene rings is 2. The summed E-state index contributed by atoms with van der Waals surface area (Å²) in [6.07, 6.45) is 0. The standard InChI is InChI=1S/C15H12BrNO4S/c1-2-20-15-9-11(10-17)3-8-14(15)21-22(18,19)13-6-4-12(16)5-7-13/h3-9H,2H2,1H3. The van der Waals surface area contributed by atoms with E-state index in [9.17, 15) is 8.42 Å². The van der Waals surface area contributed by atoms with E-state index in [1.54, 1.807) is 19.1 Å². The second kappa shape index (κ2) is 6.81. The van der Waals surface area contributed by atoms with Crippen LogP contribution in [-0.2, 0) is 10.1 Å². The van der Waals surface area contributed by atoms with E-state index in [0.29, 0.717) is 12.2 Å². The van der Waals surface area contributed by atoms with Crippen LogP contribution >= 0.6 is 15.9 Å². The predicted octanol–water partition coefficient (Wildman–Crippen LogP) is 3.49. The number of ether oxygens (including phenoxy) is 1. The maximum Gasteiger partial charge on any atom is 0.339 e. The molecule has 0 N–H and O–H groups in total. The van der Waals surface area contributed by atoms with Crippen LogP contribution in [-0.4, -0.2) is 15.0 Å². The van der Waals surface area contributed by atoms with Crippen molar-refractivity contribution in [1.29, 1.82) is 5.26 Å². The van der Waals surface area contributed by atoms with Crippen LogP contribution in [0.5, 0.6) is 11.5 Å². The molecular formula is C15H12BrNO4S. The van der Waals surface area contributed by atoms with E-state index < -0.39 is 10.1 Å². The Balaban J connectivity index is 2.37. The summed E-state index contributed by atoms with van der Waals surface area (Å²) in [4.78, 5) is 0.0301. The van der Waals surface area contributed by atoms with E-state index in [-0.39, 0.29) is 16.4 Å². The van der Waals surface area contributed by atoms with Gasteiger partial charge in [0.05, 0.1) is 18.2 Å². The van der Waals surface area contributed by atoms with Gasteiger partial charge in [0.25, 0.3) is 0 Å². The topological polar surface area (TPSA) is 76.4 Å². The average Bonchev–Trinajstić information content (AvgIpc) is 2.49. The summed E-state index contributed by atoms with van der Waals surface area (Å²) in [5.41, 5.74) is 0.358. The summed E-state index contributed by atoms with van der Waals surface area (Å²) in [5.74, 6) is 0.256. The molecule has 0 radical (unpaired) electrons. The molecule has 0 aliphatic heterocycles. The molecule has 0 amide bonds. The van der Waals surface area contributed by atoms with E-state index in [1.165, 1.54) is 30.3 Å². The van der Waals surface area contributed by atoms with Crippen LogP contribution in [0.3, 0.4) is 0 Å². The molecule has 0 saturated carbocycles. The number of nitriles is 1. The monoisotopic (exact) mass is 381 g/mol. The normalized spacial score (nSPS) is 10.8. The van der Waals surface area contributed by atoms with Crippen molar-refractivity contribution in [2.24, 2.45) is 0 Å². The highest BCUT2D eigenvalue weighted by Gasteiger charge is 2.19. The fourth-order valence-electron chi connectivity index (χ4n) is 1.68. The van der Waals surface area contributed by atoms with Gasteiger partial charge in [-0.15, -0.1) is 0 Å². The Labute approximate surface area is 137 Å². The van der Waals surface area contributed by atoms with E-state index in [0.717, 1.165) is 4.47 Å². The van der Waals surface area contributed by atoms with Crippen molar-refractivity contribution in [3.8, 4) is 17.6 Å². The molecule has 0 fully saturated rings. The third kappa shape index (κ3) is 3.78. The summed E-state index contributed by atoms with van der Waals surface area (Å²) >= 11 is 3.24. The molecule has 0 saturated heterocycles. The lowest BCUT2D eigenvalue weighted by molar-refractivity contribution is 0.327. The molecule has 2 aromatic carbocycles. The minimum absolute atomic E-state index is 0.0301. The first-order valence-electron chi connectivity index (χ1n) is 6.33. The van der Waals surface area contributed by atoms with Crippen molar-refractivity contribution in [3.05, 3.63) is 52.5 Å². The number of nitrogens with zero attached hydrogens (tertiary/aromatic N) is 1. The third-order valence-electron chi connectivity index (χ3n) is 2.67. The van der Waals surface area contributed by atoms with Crippen molar-refractivity contribution < 1.29 is 17.3 Å². The molecule has 0 atom stereocenters. The van der Waals surface area contributed by atoms with Gasteiger partial charge in [-0.25, -0.2) is 0 Å². The predicted molar refractivity (Wildman–Crippen MR) is 84.3 cm³/mol. The summed E-state index contributed by atoms with van der Waals surface area (Å²) < 4.78 is 35.8. The zero-order valence-corrected chi connectivity index (χ0v) is 14.0. The highest BCUT2D eigenvalue weighted by Crippen LogP contribution is 2.31. The van der Waals surface area contributed by atoms with Crippen LogP contribution in [0.1, 0.15) is 12.5 Å². The molecule has 0 spiro atoms. The van der Waals surface area contributed by atoms with E-state index >= 15 is 0 Å². The fourth-order valence-corrected chi connectivity index (χ4v) is 2.89. The summed E-state index contributed by atoms with van der Waals surface area (Å²) in [6, 6.07) is 12.4. The van der Waals surface area contributed by atoms with E-state index in [2.05, 4.69) is 15.9 Å². The molecule has 114 valence electrons. The zero-order valence-electron chi connectivity index (χ0n) is 11.6. The Hall–Kier alpha value is -2.04. The van der Waals surface area contributed by atoms with Crippen molar-refractivity contribution in [3.63, 3.8) is 0 Å². The average molecular weight is 382 g/mol. The molecule has 0 heterocycles. The molecule has 2 rings (SSSR count). The van der Waals surface area contributed by atoms with Gasteiger partial charge in [0, 0.05) is 10.5 Å². The Morgan fingerprint density at radius 3 is 2.41 bits per heavy atom. The second-order valence-electron chi connectivity index (χ2n) is 4.20. The lowest BCUT2D eigenvalue weighted by Crippen LogP contribution is -2.10. The quantitative estimate of drug-likeness (QED) is 0.740. The van der Waals surface area contributed by atoms with Crippen LogP contribution in [0.4, 0.5) is 0 Å². The molecule has 0 bridgehead atoms. The van der Waals surface area contributed by atoms with Crippen LogP contribution in [0, 0.1) is 11.3 Å². The van der Waals surface area contributed by atoms with E-state index in [4.69, 9.17) is 14.2 Å². The summed E-state index contributed by atoms with van der Waals surface area (Å²) in [7, 11) is -3.97. The molecule has 22 heavy (non-hydrogen) atoms. The lowest BCUT2D eigenvalue weighted by Gasteiger charge is -2.12. The van der Waals surface area contributed by atoms with Crippen LogP contribution in [0.15, 0.2) is 51.8 Å². The van der Waals surface area contributed by atoms with Crippen molar-refractivity contribution in [2.45, 2.75) is 11.8 Å². The van der Waals surface area contributed by atoms with Gasteiger partial charge >= 0.3 is 10.1 Å². The number of hydrogen-bond acceptors (Lipinski definition) is 5. The van der Waals surface area contributed by atoms with Gasteiger partial charge in [0.15, 0.2) is 11.5 Å². The maximum atomic E-state index is 12.3. The van der Waals surface area contributed by atoms with Gasteiger partial charge in [-0.2, -0.15) is 13.7 Å². The number of halogens is 1. The Morgan fingerprint density at radius 2 is 1.82 bits per heavy atom. The highest BCUT2D eigenvalue weighted by molar-refractivity contribution is 9.10. The Kier molecular flexibility index (Phi) is 5.06. The Bertz CT molecular complexity index is 810. The number of hydrogen-bond donors (Lipinski definition) is 0. The third-order valence-corrected chi connectivity index (χ3v) is 4.45. The van der Waals surface area contributed by atoms with Crippen LogP contribution in [0.2, 0.25) is 0 Å². The first-order chi connectivity index (χ1) is 10.5. The van der Waals surface area contributed by atoms with Gasteiger partial charge in [-0.3, -0.25) is 0 Å².